The molecule has 0 rings (SSSR count). The van der Waals surface area contributed by atoms with Gasteiger partial charge in [0.15, 0.2) is 0 Å². The van der Waals surface area contributed by atoms with Crippen LogP contribution in [-0.4, -0.2) is 46.1 Å². The number of hydrogen-bond donors (Lipinski definition) is 4. The molecule has 0 saturated carbocycles. The lowest BCUT2D eigenvalue weighted by Crippen LogP contribution is -2.50. The molecule has 3 atom stereocenters. The highest BCUT2D eigenvalue weighted by Crippen LogP contribution is 2.16. The molecule has 0 aromatic rings. The van der Waals surface area contributed by atoms with E-state index in [-0.39, 0.29) is 12.5 Å². The van der Waals surface area contributed by atoms with E-state index in [4.69, 9.17) is 0 Å². The van der Waals surface area contributed by atoms with Crippen LogP contribution in [-0.2, 0) is 4.79 Å². The van der Waals surface area contributed by atoms with Gasteiger partial charge in [-0.2, -0.15) is 0 Å². The van der Waals surface area contributed by atoms with Gasteiger partial charge in [-0.1, -0.05) is 206 Å². The Bertz CT molecular complexity index is 587. The summed E-state index contributed by atoms with van der Waals surface area (Å²) in [5, 5.41) is 33.2. The molecule has 0 bridgehead atoms. The van der Waals surface area contributed by atoms with Gasteiger partial charge in [-0.05, 0) is 12.8 Å². The summed E-state index contributed by atoms with van der Waals surface area (Å²) in [5.74, 6) is -0.143. The van der Waals surface area contributed by atoms with Gasteiger partial charge >= 0.3 is 0 Å². The number of carbonyl (C=O) groups excluding carboxylic acids is 1. The molecular formula is C40H81NO4. The van der Waals surface area contributed by atoms with E-state index >= 15 is 0 Å². The molecule has 270 valence electrons. The topological polar surface area (TPSA) is 89.8 Å². The van der Waals surface area contributed by atoms with Gasteiger partial charge in [0.05, 0.1) is 18.8 Å². The number of unbranched alkanes of at least 4 members (excludes halogenated alkanes) is 29. The van der Waals surface area contributed by atoms with Crippen molar-refractivity contribution in [2.75, 3.05) is 6.61 Å². The van der Waals surface area contributed by atoms with Gasteiger partial charge in [-0.15, -0.1) is 0 Å². The Kier molecular flexibility index (Phi) is 35.7. The second kappa shape index (κ2) is 36.2. The van der Waals surface area contributed by atoms with Crippen molar-refractivity contribution >= 4 is 5.91 Å². The van der Waals surface area contributed by atoms with Gasteiger partial charge in [0, 0.05) is 6.42 Å². The third-order valence-electron chi connectivity index (χ3n) is 9.71. The minimum Gasteiger partial charge on any atom is -0.394 e. The van der Waals surface area contributed by atoms with E-state index in [1.165, 1.54) is 161 Å². The highest BCUT2D eigenvalue weighted by Gasteiger charge is 2.26. The summed E-state index contributed by atoms with van der Waals surface area (Å²) in [4.78, 5) is 12.3. The van der Waals surface area contributed by atoms with E-state index in [0.29, 0.717) is 12.8 Å². The predicted octanol–water partition coefficient (Wildman–Crippen LogP) is 11.1. The number of aliphatic hydroxyl groups excluding tert-OH is 3. The average molecular weight is 640 g/mol. The lowest BCUT2D eigenvalue weighted by atomic mass is 9.99. The van der Waals surface area contributed by atoms with Crippen molar-refractivity contribution in [3.8, 4) is 0 Å². The van der Waals surface area contributed by atoms with Gasteiger partial charge in [0.1, 0.15) is 6.10 Å². The summed E-state index contributed by atoms with van der Waals surface area (Å²) in [6.45, 7) is 4.15. The lowest BCUT2D eigenvalue weighted by molar-refractivity contribution is -0.124. The van der Waals surface area contributed by atoms with Crippen molar-refractivity contribution in [2.45, 2.75) is 244 Å². The first-order chi connectivity index (χ1) is 22.1. The van der Waals surface area contributed by atoms with Gasteiger partial charge in [0.25, 0.3) is 0 Å². The SMILES string of the molecule is CCCCCCCCCCCCCCCCCCCCCCCCCC(=O)NC(CO)C(O)C(O)CCCCCCCCCC. The molecule has 0 fully saturated rings. The Morgan fingerprint density at radius 2 is 0.756 bits per heavy atom. The standard InChI is InChI=1S/C40H81NO4/c1-3-5-7-9-11-13-14-15-16-17-18-19-20-21-22-23-24-25-26-27-29-31-33-35-39(44)41-37(36-42)40(45)38(43)34-32-30-28-12-10-8-6-4-2/h37-38,40,42-43,45H,3-36H2,1-2H3,(H,41,44). The number of amides is 1. The van der Waals surface area contributed by atoms with Crippen LogP contribution in [0.2, 0.25) is 0 Å². The van der Waals surface area contributed by atoms with Crippen LogP contribution in [0.1, 0.15) is 226 Å². The number of carbonyl (C=O) groups is 1. The van der Waals surface area contributed by atoms with Crippen molar-refractivity contribution < 1.29 is 20.1 Å². The van der Waals surface area contributed by atoms with Crippen LogP contribution >= 0.6 is 0 Å². The molecule has 0 aliphatic heterocycles. The maximum Gasteiger partial charge on any atom is 0.220 e. The van der Waals surface area contributed by atoms with E-state index in [0.717, 1.165) is 38.5 Å². The second-order valence-electron chi connectivity index (χ2n) is 14.2. The number of nitrogens with one attached hydrogen (secondary N) is 1. The third kappa shape index (κ3) is 31.7. The van der Waals surface area contributed by atoms with Gasteiger partial charge in [0.2, 0.25) is 5.91 Å². The first kappa shape index (κ1) is 44.4. The third-order valence-corrected chi connectivity index (χ3v) is 9.71. The number of aliphatic hydroxyl groups is 3. The molecule has 5 nitrogen and oxygen atoms in total. The molecule has 0 aromatic heterocycles. The predicted molar refractivity (Wildman–Crippen MR) is 195 cm³/mol. The van der Waals surface area contributed by atoms with Crippen molar-refractivity contribution in [2.24, 2.45) is 0 Å². The largest absolute Gasteiger partial charge is 0.394 e. The zero-order valence-corrected chi connectivity index (χ0v) is 30.5. The molecule has 0 radical (unpaired) electrons. The molecule has 0 aliphatic rings. The number of hydrogen-bond acceptors (Lipinski definition) is 4. The molecule has 5 heteroatoms. The van der Waals surface area contributed by atoms with Crippen molar-refractivity contribution in [3.63, 3.8) is 0 Å². The fraction of sp³-hybridized carbons (Fsp3) is 0.975. The fourth-order valence-electron chi connectivity index (χ4n) is 6.52. The smallest absolute Gasteiger partial charge is 0.220 e. The molecule has 0 aromatic carbocycles. The summed E-state index contributed by atoms with van der Waals surface area (Å²) in [6, 6.07) is -0.800. The molecular weight excluding hydrogens is 558 g/mol. The molecule has 0 spiro atoms. The van der Waals surface area contributed by atoms with E-state index in [2.05, 4.69) is 19.2 Å². The van der Waals surface area contributed by atoms with Gasteiger partial charge < -0.3 is 20.6 Å². The quantitative estimate of drug-likeness (QED) is 0.0509. The Hall–Kier alpha value is -0.650. The van der Waals surface area contributed by atoms with Gasteiger partial charge in [-0.3, -0.25) is 4.79 Å². The van der Waals surface area contributed by atoms with Gasteiger partial charge in [-0.25, -0.2) is 0 Å². The zero-order valence-electron chi connectivity index (χ0n) is 30.5. The highest BCUT2D eigenvalue weighted by molar-refractivity contribution is 5.76. The highest BCUT2D eigenvalue weighted by atomic mass is 16.3. The van der Waals surface area contributed by atoms with Crippen LogP contribution in [0, 0.1) is 0 Å². The average Bonchev–Trinajstić information content (AvgIpc) is 3.04. The molecule has 1 amide bonds. The van der Waals surface area contributed by atoms with Crippen LogP contribution in [0.3, 0.4) is 0 Å². The minimum atomic E-state index is -1.13. The monoisotopic (exact) mass is 640 g/mol. The molecule has 0 heterocycles. The number of rotatable bonds is 37. The van der Waals surface area contributed by atoms with Crippen molar-refractivity contribution in [3.05, 3.63) is 0 Å². The lowest BCUT2D eigenvalue weighted by Gasteiger charge is -2.26. The van der Waals surface area contributed by atoms with E-state index in [9.17, 15) is 20.1 Å². The summed E-state index contributed by atoms with van der Waals surface area (Å²) in [6.07, 6.45) is 39.4. The Morgan fingerprint density at radius 1 is 0.467 bits per heavy atom. The Morgan fingerprint density at radius 3 is 1.07 bits per heavy atom. The van der Waals surface area contributed by atoms with Crippen LogP contribution in [0.15, 0.2) is 0 Å². The summed E-state index contributed by atoms with van der Waals surface area (Å²) >= 11 is 0. The van der Waals surface area contributed by atoms with Crippen molar-refractivity contribution in [1.82, 2.24) is 5.32 Å². The van der Waals surface area contributed by atoms with E-state index in [1.807, 2.05) is 0 Å². The van der Waals surface area contributed by atoms with Crippen molar-refractivity contribution in [1.29, 1.82) is 0 Å². The second-order valence-corrected chi connectivity index (χ2v) is 14.2. The van der Waals surface area contributed by atoms with Crippen LogP contribution in [0.5, 0.6) is 0 Å². The minimum absolute atomic E-state index is 0.143. The fourth-order valence-corrected chi connectivity index (χ4v) is 6.52. The normalized spacial score (nSPS) is 13.6. The Balaban J connectivity index is 3.50. The Labute approximate surface area is 281 Å². The van der Waals surface area contributed by atoms with Crippen LogP contribution in [0.25, 0.3) is 0 Å². The molecule has 3 unspecified atom stereocenters. The molecule has 45 heavy (non-hydrogen) atoms. The molecule has 0 saturated heterocycles. The summed E-state index contributed by atoms with van der Waals surface area (Å²) in [7, 11) is 0. The molecule has 4 N–H and O–H groups in total. The summed E-state index contributed by atoms with van der Waals surface area (Å²) < 4.78 is 0. The first-order valence-corrected chi connectivity index (χ1v) is 20.3. The first-order valence-electron chi connectivity index (χ1n) is 20.3. The molecule has 0 aliphatic carbocycles. The maximum atomic E-state index is 12.3. The van der Waals surface area contributed by atoms with E-state index in [1.54, 1.807) is 0 Å². The van der Waals surface area contributed by atoms with Crippen LogP contribution in [0.4, 0.5) is 0 Å². The zero-order chi connectivity index (χ0) is 33.1. The maximum absolute atomic E-state index is 12.3. The van der Waals surface area contributed by atoms with E-state index < -0.39 is 18.2 Å². The van der Waals surface area contributed by atoms with Crippen LogP contribution < -0.4 is 5.32 Å². The summed E-state index contributed by atoms with van der Waals surface area (Å²) in [5.41, 5.74) is 0.